The molecule has 5 nitrogen and oxygen atoms in total. The largest absolute Gasteiger partial charge is 0.356 e. The molecule has 1 fully saturated rings. The van der Waals surface area contributed by atoms with Gasteiger partial charge in [0.05, 0.1) is 0 Å². The third-order valence-electron chi connectivity index (χ3n) is 4.82. The first-order valence-corrected chi connectivity index (χ1v) is 8.97. The smallest absolute Gasteiger partial charge is 0.131 e. The van der Waals surface area contributed by atoms with Gasteiger partial charge in [0.1, 0.15) is 11.6 Å². The number of imidazole rings is 1. The maximum absolute atomic E-state index is 4.69. The van der Waals surface area contributed by atoms with E-state index in [9.17, 15) is 0 Å². The Morgan fingerprint density at radius 3 is 2.92 bits per heavy atom. The molecule has 0 radical (unpaired) electrons. The first-order chi connectivity index (χ1) is 11.6. The molecule has 0 unspecified atom stereocenters. The summed E-state index contributed by atoms with van der Waals surface area (Å²) < 4.78 is 2.35. The lowest BCUT2D eigenvalue weighted by Crippen LogP contribution is -2.36. The molecule has 130 valence electrons. The molecule has 0 saturated carbocycles. The molecule has 0 aromatic carbocycles. The standard InChI is InChI=1S/C19H29N5/c1-16-7-4-9-20-18(16)24-12-5-8-17(15-24)19-21-10-14-23(19)13-6-11-22(2)3/h4,7,9-10,14,17H,5-6,8,11-13,15H2,1-3H3/t17-/m0/s1. The zero-order valence-corrected chi connectivity index (χ0v) is 15.1. The molecule has 1 atom stereocenters. The van der Waals surface area contributed by atoms with Crippen LogP contribution in [0, 0.1) is 6.92 Å². The Morgan fingerprint density at radius 2 is 2.12 bits per heavy atom. The number of pyridine rings is 1. The predicted molar refractivity (Wildman–Crippen MR) is 98.6 cm³/mol. The molecule has 24 heavy (non-hydrogen) atoms. The molecule has 1 saturated heterocycles. The van der Waals surface area contributed by atoms with E-state index in [4.69, 9.17) is 4.98 Å². The van der Waals surface area contributed by atoms with Crippen LogP contribution in [-0.4, -0.2) is 53.2 Å². The third kappa shape index (κ3) is 3.96. The summed E-state index contributed by atoms with van der Waals surface area (Å²) in [4.78, 5) is 14.0. The molecule has 0 N–H and O–H groups in total. The van der Waals surface area contributed by atoms with Crippen LogP contribution in [0.4, 0.5) is 5.82 Å². The van der Waals surface area contributed by atoms with E-state index in [1.54, 1.807) is 0 Å². The lowest BCUT2D eigenvalue weighted by Gasteiger charge is -2.34. The Kier molecular flexibility index (Phi) is 5.51. The van der Waals surface area contributed by atoms with Crippen LogP contribution in [0.5, 0.6) is 0 Å². The Hall–Kier alpha value is -1.88. The molecule has 0 aliphatic carbocycles. The first-order valence-electron chi connectivity index (χ1n) is 8.97. The number of hydrogen-bond acceptors (Lipinski definition) is 4. The van der Waals surface area contributed by atoms with E-state index in [0.717, 1.165) is 38.4 Å². The van der Waals surface area contributed by atoms with Crippen molar-refractivity contribution >= 4 is 5.82 Å². The van der Waals surface area contributed by atoms with Crippen LogP contribution in [0.2, 0.25) is 0 Å². The highest BCUT2D eigenvalue weighted by atomic mass is 15.2. The van der Waals surface area contributed by atoms with Gasteiger partial charge in [-0.25, -0.2) is 9.97 Å². The van der Waals surface area contributed by atoms with Crippen molar-refractivity contribution < 1.29 is 0 Å². The van der Waals surface area contributed by atoms with Gasteiger partial charge in [0.15, 0.2) is 0 Å². The number of aromatic nitrogens is 3. The van der Waals surface area contributed by atoms with Crippen LogP contribution in [-0.2, 0) is 6.54 Å². The SMILES string of the molecule is Cc1cccnc1N1CCC[C@H](c2nccn2CCCN(C)C)C1. The van der Waals surface area contributed by atoms with Gasteiger partial charge < -0.3 is 14.4 Å². The molecule has 3 rings (SSSR count). The molecule has 2 aromatic heterocycles. The summed E-state index contributed by atoms with van der Waals surface area (Å²) in [6, 6.07) is 4.16. The molecular formula is C19H29N5. The van der Waals surface area contributed by atoms with E-state index < -0.39 is 0 Å². The number of nitrogens with zero attached hydrogens (tertiary/aromatic N) is 5. The van der Waals surface area contributed by atoms with Crippen LogP contribution in [0.15, 0.2) is 30.7 Å². The van der Waals surface area contributed by atoms with E-state index in [1.165, 1.54) is 24.2 Å². The minimum Gasteiger partial charge on any atom is -0.356 e. The number of piperidine rings is 1. The van der Waals surface area contributed by atoms with Crippen LogP contribution in [0.3, 0.4) is 0 Å². The lowest BCUT2D eigenvalue weighted by molar-refractivity contribution is 0.380. The zero-order valence-electron chi connectivity index (χ0n) is 15.1. The van der Waals surface area contributed by atoms with Crippen molar-refractivity contribution in [1.82, 2.24) is 19.4 Å². The number of rotatable bonds is 6. The van der Waals surface area contributed by atoms with Crippen LogP contribution >= 0.6 is 0 Å². The average Bonchev–Trinajstić information content (AvgIpc) is 3.03. The first kappa shape index (κ1) is 17.0. The van der Waals surface area contributed by atoms with Gasteiger partial charge in [-0.1, -0.05) is 6.07 Å². The minimum atomic E-state index is 0.495. The van der Waals surface area contributed by atoms with Gasteiger partial charge in [0.2, 0.25) is 0 Å². The Balaban J connectivity index is 1.69. The van der Waals surface area contributed by atoms with Crippen molar-refractivity contribution in [2.24, 2.45) is 0 Å². The van der Waals surface area contributed by atoms with E-state index in [2.05, 4.69) is 52.6 Å². The molecule has 0 amide bonds. The summed E-state index contributed by atoms with van der Waals surface area (Å²) >= 11 is 0. The predicted octanol–water partition coefficient (Wildman–Crippen LogP) is 2.92. The van der Waals surface area contributed by atoms with Gasteiger partial charge in [-0.15, -0.1) is 0 Å². The lowest BCUT2D eigenvalue weighted by atomic mass is 9.96. The van der Waals surface area contributed by atoms with E-state index in [0.29, 0.717) is 5.92 Å². The summed E-state index contributed by atoms with van der Waals surface area (Å²) in [5.41, 5.74) is 1.26. The molecule has 1 aliphatic heterocycles. The van der Waals surface area contributed by atoms with Gasteiger partial charge in [-0.3, -0.25) is 0 Å². The molecular weight excluding hydrogens is 298 g/mol. The van der Waals surface area contributed by atoms with Gasteiger partial charge in [-0.05, 0) is 58.5 Å². The minimum absolute atomic E-state index is 0.495. The van der Waals surface area contributed by atoms with E-state index in [-0.39, 0.29) is 0 Å². The Morgan fingerprint density at radius 1 is 1.25 bits per heavy atom. The van der Waals surface area contributed by atoms with Gasteiger partial charge in [0, 0.05) is 44.1 Å². The normalized spacial score (nSPS) is 18.3. The average molecular weight is 327 g/mol. The Labute approximate surface area is 145 Å². The fourth-order valence-corrected chi connectivity index (χ4v) is 3.62. The van der Waals surface area contributed by atoms with Crippen molar-refractivity contribution in [3.05, 3.63) is 42.1 Å². The molecule has 3 heterocycles. The quantitative estimate of drug-likeness (QED) is 0.817. The fraction of sp³-hybridized carbons (Fsp3) is 0.579. The summed E-state index contributed by atoms with van der Waals surface area (Å²) in [6.07, 6.45) is 9.56. The fourth-order valence-electron chi connectivity index (χ4n) is 3.62. The summed E-state index contributed by atoms with van der Waals surface area (Å²) in [7, 11) is 4.26. The van der Waals surface area contributed by atoms with E-state index >= 15 is 0 Å². The summed E-state index contributed by atoms with van der Waals surface area (Å²) in [5, 5.41) is 0. The molecule has 0 spiro atoms. The van der Waals surface area contributed by atoms with Crippen LogP contribution in [0.25, 0.3) is 0 Å². The van der Waals surface area contributed by atoms with Gasteiger partial charge in [0.25, 0.3) is 0 Å². The van der Waals surface area contributed by atoms with Crippen molar-refractivity contribution in [2.75, 3.05) is 38.6 Å². The highest BCUT2D eigenvalue weighted by molar-refractivity contribution is 5.46. The topological polar surface area (TPSA) is 37.2 Å². The monoisotopic (exact) mass is 327 g/mol. The second kappa shape index (κ2) is 7.79. The zero-order chi connectivity index (χ0) is 16.9. The third-order valence-corrected chi connectivity index (χ3v) is 4.82. The van der Waals surface area contributed by atoms with Crippen LogP contribution in [0.1, 0.15) is 36.6 Å². The van der Waals surface area contributed by atoms with Crippen molar-refractivity contribution in [3.63, 3.8) is 0 Å². The summed E-state index contributed by atoms with van der Waals surface area (Å²) in [6.45, 7) is 6.42. The van der Waals surface area contributed by atoms with Crippen LogP contribution < -0.4 is 4.90 Å². The number of hydrogen-bond donors (Lipinski definition) is 0. The highest BCUT2D eigenvalue weighted by Gasteiger charge is 2.26. The van der Waals surface area contributed by atoms with E-state index in [1.807, 2.05) is 18.5 Å². The maximum atomic E-state index is 4.69. The second-order valence-electron chi connectivity index (χ2n) is 7.06. The van der Waals surface area contributed by atoms with Crippen molar-refractivity contribution in [1.29, 1.82) is 0 Å². The maximum Gasteiger partial charge on any atom is 0.131 e. The van der Waals surface area contributed by atoms with Gasteiger partial charge >= 0.3 is 0 Å². The van der Waals surface area contributed by atoms with Gasteiger partial charge in [-0.2, -0.15) is 0 Å². The summed E-state index contributed by atoms with van der Waals surface area (Å²) in [5.74, 6) is 2.87. The van der Waals surface area contributed by atoms with Crippen molar-refractivity contribution in [2.45, 2.75) is 38.6 Å². The molecule has 2 aromatic rings. The number of anilines is 1. The second-order valence-corrected chi connectivity index (χ2v) is 7.06. The Bertz CT molecular complexity index is 649. The molecule has 0 bridgehead atoms. The van der Waals surface area contributed by atoms with Crippen molar-refractivity contribution in [3.8, 4) is 0 Å². The molecule has 1 aliphatic rings. The number of aryl methyl sites for hydroxylation is 2. The highest BCUT2D eigenvalue weighted by Crippen LogP contribution is 2.29. The molecule has 5 heteroatoms.